The summed E-state index contributed by atoms with van der Waals surface area (Å²) < 4.78 is 6.63. The van der Waals surface area contributed by atoms with Gasteiger partial charge in [-0.25, -0.2) is 4.79 Å². The molecule has 1 saturated heterocycles. The number of piperidine rings is 1. The fourth-order valence-corrected chi connectivity index (χ4v) is 2.50. The van der Waals surface area contributed by atoms with E-state index in [2.05, 4.69) is 15.5 Å². The third-order valence-corrected chi connectivity index (χ3v) is 3.51. The van der Waals surface area contributed by atoms with Gasteiger partial charge >= 0.3 is 5.97 Å². The van der Waals surface area contributed by atoms with Gasteiger partial charge in [0.05, 0.1) is 12.7 Å². The number of hydrogen-bond acceptors (Lipinski definition) is 5. The number of aromatic nitrogens is 3. The van der Waals surface area contributed by atoms with Crippen LogP contribution in [0.3, 0.4) is 0 Å². The van der Waals surface area contributed by atoms with E-state index in [-0.39, 0.29) is 5.97 Å². The first-order valence-corrected chi connectivity index (χ1v) is 6.43. The maximum atomic E-state index is 11.6. The van der Waals surface area contributed by atoms with Crippen LogP contribution in [0.25, 0.3) is 5.65 Å². The number of carbonyl (C=O) groups excluding carboxylic acids is 1. The molecule has 1 N–H and O–H groups in total. The Bertz CT molecular complexity index is 602. The van der Waals surface area contributed by atoms with Crippen LogP contribution in [0.2, 0.25) is 0 Å². The van der Waals surface area contributed by atoms with Crippen LogP contribution in [0.15, 0.2) is 18.3 Å². The van der Waals surface area contributed by atoms with Crippen LogP contribution in [-0.4, -0.2) is 40.8 Å². The zero-order valence-corrected chi connectivity index (χ0v) is 10.8. The molecule has 1 unspecified atom stereocenters. The van der Waals surface area contributed by atoms with Crippen molar-refractivity contribution in [2.75, 3.05) is 20.2 Å². The first-order chi connectivity index (χ1) is 9.29. The van der Waals surface area contributed by atoms with Crippen LogP contribution >= 0.6 is 0 Å². The van der Waals surface area contributed by atoms with E-state index in [4.69, 9.17) is 4.74 Å². The van der Waals surface area contributed by atoms with E-state index in [1.54, 1.807) is 18.3 Å². The Morgan fingerprint density at radius 3 is 3.11 bits per heavy atom. The minimum atomic E-state index is -0.344. The summed E-state index contributed by atoms with van der Waals surface area (Å²) >= 11 is 0. The second kappa shape index (κ2) is 4.97. The lowest BCUT2D eigenvalue weighted by atomic mass is 9.99. The van der Waals surface area contributed by atoms with Crippen molar-refractivity contribution >= 4 is 11.6 Å². The molecule has 1 aliphatic heterocycles. The van der Waals surface area contributed by atoms with Gasteiger partial charge in [-0.3, -0.25) is 4.40 Å². The number of carbonyl (C=O) groups is 1. The molecule has 0 aliphatic carbocycles. The molecule has 0 saturated carbocycles. The minimum absolute atomic E-state index is 0.344. The second-order valence-corrected chi connectivity index (χ2v) is 4.74. The summed E-state index contributed by atoms with van der Waals surface area (Å²) in [6.07, 6.45) is 3.98. The second-order valence-electron chi connectivity index (χ2n) is 4.74. The van der Waals surface area contributed by atoms with E-state index in [0.29, 0.717) is 11.5 Å². The van der Waals surface area contributed by atoms with Crippen LogP contribution in [0.5, 0.6) is 0 Å². The Morgan fingerprint density at radius 2 is 2.37 bits per heavy atom. The molecule has 0 aromatic carbocycles. The van der Waals surface area contributed by atoms with Gasteiger partial charge in [0.15, 0.2) is 5.65 Å². The first-order valence-electron chi connectivity index (χ1n) is 6.43. The van der Waals surface area contributed by atoms with Crippen molar-refractivity contribution in [2.24, 2.45) is 0 Å². The summed E-state index contributed by atoms with van der Waals surface area (Å²) in [5.41, 5.74) is 1.27. The molecule has 0 bridgehead atoms. The molecular weight excluding hydrogens is 244 g/mol. The molecule has 100 valence electrons. The smallest absolute Gasteiger partial charge is 0.339 e. The highest BCUT2D eigenvalue weighted by Gasteiger charge is 2.21. The fourth-order valence-electron chi connectivity index (χ4n) is 2.50. The number of rotatable bonds is 2. The highest BCUT2D eigenvalue weighted by atomic mass is 16.5. The van der Waals surface area contributed by atoms with E-state index in [0.717, 1.165) is 37.4 Å². The molecule has 2 aromatic rings. The Morgan fingerprint density at radius 1 is 1.47 bits per heavy atom. The maximum absolute atomic E-state index is 11.6. The zero-order valence-electron chi connectivity index (χ0n) is 10.8. The van der Waals surface area contributed by atoms with Gasteiger partial charge in [-0.15, -0.1) is 10.2 Å². The molecule has 6 heteroatoms. The van der Waals surface area contributed by atoms with Crippen LogP contribution in [0.4, 0.5) is 0 Å². The molecule has 19 heavy (non-hydrogen) atoms. The summed E-state index contributed by atoms with van der Waals surface area (Å²) in [4.78, 5) is 11.6. The van der Waals surface area contributed by atoms with Gasteiger partial charge in [-0.2, -0.15) is 0 Å². The summed E-state index contributed by atoms with van der Waals surface area (Å²) in [5, 5.41) is 11.8. The number of esters is 1. The lowest BCUT2D eigenvalue weighted by Gasteiger charge is -2.21. The van der Waals surface area contributed by atoms with Gasteiger partial charge in [-0.1, -0.05) is 0 Å². The summed E-state index contributed by atoms with van der Waals surface area (Å²) in [5.74, 6) is 0.910. The number of ether oxygens (including phenoxy) is 1. The topological polar surface area (TPSA) is 68.5 Å². The molecule has 1 atom stereocenters. The van der Waals surface area contributed by atoms with Crippen molar-refractivity contribution in [1.82, 2.24) is 19.9 Å². The number of hydrogen-bond donors (Lipinski definition) is 1. The average molecular weight is 260 g/mol. The van der Waals surface area contributed by atoms with Gasteiger partial charge in [0.25, 0.3) is 0 Å². The predicted octanol–water partition coefficient (Wildman–Crippen LogP) is 0.983. The maximum Gasteiger partial charge on any atom is 0.339 e. The predicted molar refractivity (Wildman–Crippen MR) is 69.2 cm³/mol. The average Bonchev–Trinajstić information content (AvgIpc) is 2.90. The van der Waals surface area contributed by atoms with Crippen LogP contribution < -0.4 is 5.32 Å². The monoisotopic (exact) mass is 260 g/mol. The van der Waals surface area contributed by atoms with Gasteiger partial charge in [0.1, 0.15) is 5.82 Å². The van der Waals surface area contributed by atoms with Crippen LogP contribution in [0.1, 0.15) is 34.9 Å². The van der Waals surface area contributed by atoms with Crippen molar-refractivity contribution in [2.45, 2.75) is 18.8 Å². The quantitative estimate of drug-likeness (QED) is 0.815. The highest BCUT2D eigenvalue weighted by Crippen LogP contribution is 2.22. The highest BCUT2D eigenvalue weighted by molar-refractivity contribution is 5.89. The van der Waals surface area contributed by atoms with Crippen LogP contribution in [-0.2, 0) is 4.74 Å². The van der Waals surface area contributed by atoms with E-state index >= 15 is 0 Å². The molecule has 1 fully saturated rings. The lowest BCUT2D eigenvalue weighted by molar-refractivity contribution is 0.0600. The van der Waals surface area contributed by atoms with Crippen molar-refractivity contribution in [1.29, 1.82) is 0 Å². The Kier molecular flexibility index (Phi) is 3.16. The van der Waals surface area contributed by atoms with Gasteiger partial charge < -0.3 is 10.1 Å². The van der Waals surface area contributed by atoms with Crippen molar-refractivity contribution in [3.05, 3.63) is 29.7 Å². The Balaban J connectivity index is 2.02. The standard InChI is InChI=1S/C13H16N4O2/c1-19-13(18)10-4-5-11-15-16-12(17(11)8-10)9-3-2-6-14-7-9/h4-5,8-9,14H,2-3,6-7H2,1H3. The third-order valence-electron chi connectivity index (χ3n) is 3.51. The van der Waals surface area contributed by atoms with E-state index in [9.17, 15) is 4.79 Å². The lowest BCUT2D eigenvalue weighted by Crippen LogP contribution is -2.29. The number of pyridine rings is 1. The normalized spacial score (nSPS) is 19.5. The summed E-state index contributed by atoms with van der Waals surface area (Å²) in [6, 6.07) is 3.50. The number of nitrogens with one attached hydrogen (secondary N) is 1. The SMILES string of the molecule is COC(=O)c1ccc2nnc(C3CCCNC3)n2c1. The van der Waals surface area contributed by atoms with E-state index < -0.39 is 0 Å². The molecule has 1 aliphatic rings. The first kappa shape index (κ1) is 12.1. The molecule has 6 nitrogen and oxygen atoms in total. The molecule has 0 spiro atoms. The summed E-state index contributed by atoms with van der Waals surface area (Å²) in [6.45, 7) is 1.96. The molecule has 0 amide bonds. The van der Waals surface area contributed by atoms with Gasteiger partial charge in [-0.05, 0) is 31.5 Å². The number of nitrogens with zero attached hydrogens (tertiary/aromatic N) is 3. The zero-order chi connectivity index (χ0) is 13.2. The van der Waals surface area contributed by atoms with Gasteiger partial charge in [0.2, 0.25) is 0 Å². The Labute approximate surface area is 110 Å². The van der Waals surface area contributed by atoms with E-state index in [1.165, 1.54) is 7.11 Å². The minimum Gasteiger partial charge on any atom is -0.465 e. The number of methoxy groups -OCH3 is 1. The van der Waals surface area contributed by atoms with Crippen LogP contribution in [0, 0.1) is 0 Å². The number of fused-ring (bicyclic) bond motifs is 1. The van der Waals surface area contributed by atoms with E-state index in [1.807, 2.05) is 4.40 Å². The van der Waals surface area contributed by atoms with Crippen molar-refractivity contribution < 1.29 is 9.53 Å². The molecule has 0 radical (unpaired) electrons. The van der Waals surface area contributed by atoms with Gasteiger partial charge in [0, 0.05) is 18.7 Å². The molecule has 2 aromatic heterocycles. The third kappa shape index (κ3) is 2.19. The molecular formula is C13H16N4O2. The largest absolute Gasteiger partial charge is 0.465 e. The fraction of sp³-hybridized carbons (Fsp3) is 0.462. The molecule has 3 rings (SSSR count). The van der Waals surface area contributed by atoms with Crippen molar-refractivity contribution in [3.63, 3.8) is 0 Å². The molecule has 3 heterocycles. The van der Waals surface area contributed by atoms with Crippen molar-refractivity contribution in [3.8, 4) is 0 Å². The summed E-state index contributed by atoms with van der Waals surface area (Å²) in [7, 11) is 1.38. The Hall–Kier alpha value is -1.95.